The molecule has 0 fully saturated rings. The Kier molecular flexibility index (Phi) is 34.5. The Morgan fingerprint density at radius 2 is 0.841 bits per heavy atom. The van der Waals surface area contributed by atoms with Crippen LogP contribution in [0.3, 0.4) is 0 Å². The topological polar surface area (TPSA) is 72.8 Å². The number of carbonyl (C=O) groups is 2. The van der Waals surface area contributed by atoms with Crippen LogP contribution in [0.1, 0.15) is 194 Å². The van der Waals surface area contributed by atoms with Gasteiger partial charge >= 0.3 is 11.9 Å². The number of esters is 2. The third kappa shape index (κ3) is 33.3. The van der Waals surface area contributed by atoms with Crippen LogP contribution in [0.4, 0.5) is 0 Å². The molecule has 0 aromatic heterocycles. The Morgan fingerprint density at radius 3 is 1.23 bits per heavy atom. The van der Waals surface area contributed by atoms with Crippen molar-refractivity contribution in [2.24, 2.45) is 0 Å². The van der Waals surface area contributed by atoms with Crippen LogP contribution in [0.5, 0.6) is 0 Å². The molecule has 0 bridgehead atoms. The second-order valence-electron chi connectivity index (χ2n) is 12.6. The van der Waals surface area contributed by atoms with Crippen LogP contribution in [0.2, 0.25) is 0 Å². The number of carbonyl (C=O) groups excluding carboxylic acids is 2. The van der Waals surface area contributed by atoms with Gasteiger partial charge < -0.3 is 14.6 Å². The van der Waals surface area contributed by atoms with Gasteiger partial charge in [-0.3, -0.25) is 9.59 Å². The molecule has 0 aromatic rings. The molecule has 44 heavy (non-hydrogen) atoms. The van der Waals surface area contributed by atoms with Crippen LogP contribution in [-0.2, 0) is 19.1 Å². The van der Waals surface area contributed by atoms with Gasteiger partial charge in [-0.1, -0.05) is 141 Å². The van der Waals surface area contributed by atoms with Gasteiger partial charge in [0.05, 0.1) is 6.61 Å². The SMILES string of the molecule is CCCCCCCC/C=C\CCCCCCCC(=O)OCC(CO)OC(=O)CCCCCCC/C=C/CCCCCCCC. The maximum absolute atomic E-state index is 12.1. The highest BCUT2D eigenvalue weighted by molar-refractivity contribution is 5.70. The van der Waals surface area contributed by atoms with Gasteiger partial charge in [0.25, 0.3) is 0 Å². The predicted octanol–water partition coefficient (Wildman–Crippen LogP) is 11.5. The Hall–Kier alpha value is -1.62. The zero-order valence-electron chi connectivity index (χ0n) is 29.2. The van der Waals surface area contributed by atoms with Crippen LogP contribution in [0.25, 0.3) is 0 Å². The van der Waals surface area contributed by atoms with Crippen LogP contribution in [0, 0.1) is 0 Å². The maximum atomic E-state index is 12.1. The summed E-state index contributed by atoms with van der Waals surface area (Å²) in [5.74, 6) is -0.607. The molecule has 1 atom stereocenters. The summed E-state index contributed by atoms with van der Waals surface area (Å²) in [5.41, 5.74) is 0. The monoisotopic (exact) mass is 621 g/mol. The molecule has 5 nitrogen and oxygen atoms in total. The van der Waals surface area contributed by atoms with Crippen molar-refractivity contribution in [3.05, 3.63) is 24.3 Å². The summed E-state index contributed by atoms with van der Waals surface area (Å²) in [6, 6.07) is 0. The first kappa shape index (κ1) is 42.4. The first-order valence-electron chi connectivity index (χ1n) is 18.9. The number of aliphatic hydroxyl groups is 1. The number of hydrogen-bond acceptors (Lipinski definition) is 5. The van der Waals surface area contributed by atoms with Crippen molar-refractivity contribution in [2.45, 2.75) is 200 Å². The molecule has 5 heteroatoms. The second kappa shape index (κ2) is 35.9. The van der Waals surface area contributed by atoms with Crippen LogP contribution >= 0.6 is 0 Å². The van der Waals surface area contributed by atoms with E-state index in [1.807, 2.05) is 0 Å². The minimum absolute atomic E-state index is 0.0709. The van der Waals surface area contributed by atoms with Crippen LogP contribution in [-0.4, -0.2) is 36.4 Å². The van der Waals surface area contributed by atoms with Crippen LogP contribution in [0.15, 0.2) is 24.3 Å². The van der Waals surface area contributed by atoms with Crippen molar-refractivity contribution in [3.8, 4) is 0 Å². The van der Waals surface area contributed by atoms with E-state index in [0.29, 0.717) is 12.8 Å². The van der Waals surface area contributed by atoms with Gasteiger partial charge in [-0.2, -0.15) is 0 Å². The van der Waals surface area contributed by atoms with E-state index in [-0.39, 0.29) is 25.2 Å². The summed E-state index contributed by atoms with van der Waals surface area (Å²) in [4.78, 5) is 24.2. The molecule has 1 N–H and O–H groups in total. The highest BCUT2D eigenvalue weighted by Crippen LogP contribution is 2.12. The fourth-order valence-electron chi connectivity index (χ4n) is 5.31. The van der Waals surface area contributed by atoms with Gasteiger partial charge in [-0.15, -0.1) is 0 Å². The molecule has 0 aliphatic carbocycles. The molecule has 0 heterocycles. The fraction of sp³-hybridized carbons (Fsp3) is 0.846. The molecule has 0 amide bonds. The molecule has 0 aliphatic rings. The molecule has 1 unspecified atom stereocenters. The highest BCUT2D eigenvalue weighted by Gasteiger charge is 2.16. The third-order valence-electron chi connectivity index (χ3n) is 8.22. The zero-order valence-corrected chi connectivity index (χ0v) is 29.2. The largest absolute Gasteiger partial charge is 0.462 e. The van der Waals surface area contributed by atoms with Gasteiger partial charge in [0.1, 0.15) is 6.61 Å². The second-order valence-corrected chi connectivity index (χ2v) is 12.6. The first-order valence-corrected chi connectivity index (χ1v) is 18.9. The van der Waals surface area contributed by atoms with E-state index in [1.165, 1.54) is 116 Å². The molecule has 0 aromatic carbocycles. The maximum Gasteiger partial charge on any atom is 0.306 e. The summed E-state index contributed by atoms with van der Waals surface area (Å²) >= 11 is 0. The number of allylic oxidation sites excluding steroid dienone is 4. The lowest BCUT2D eigenvalue weighted by atomic mass is 10.1. The van der Waals surface area contributed by atoms with E-state index in [2.05, 4.69) is 38.2 Å². The average Bonchev–Trinajstić information content (AvgIpc) is 3.02. The smallest absolute Gasteiger partial charge is 0.306 e. The average molecular weight is 621 g/mol. The minimum Gasteiger partial charge on any atom is -0.462 e. The lowest BCUT2D eigenvalue weighted by Gasteiger charge is -2.15. The predicted molar refractivity (Wildman–Crippen MR) is 187 cm³/mol. The van der Waals surface area contributed by atoms with Crippen molar-refractivity contribution in [1.82, 2.24) is 0 Å². The first-order chi connectivity index (χ1) is 21.6. The number of hydrogen-bond donors (Lipinski definition) is 1. The van der Waals surface area contributed by atoms with E-state index in [1.54, 1.807) is 0 Å². The van der Waals surface area contributed by atoms with Gasteiger partial charge in [0, 0.05) is 12.8 Å². The molecule has 0 aliphatic heterocycles. The summed E-state index contributed by atoms with van der Waals surface area (Å²) in [5, 5.41) is 9.53. The number of aliphatic hydroxyl groups excluding tert-OH is 1. The number of rotatable bonds is 34. The zero-order chi connectivity index (χ0) is 32.2. The number of ether oxygens (including phenoxy) is 2. The minimum atomic E-state index is -0.774. The Balaban J connectivity index is 3.58. The molecule has 0 rings (SSSR count). The van der Waals surface area contributed by atoms with Gasteiger partial charge in [-0.25, -0.2) is 0 Å². The summed E-state index contributed by atoms with van der Waals surface area (Å²) in [6.45, 7) is 4.11. The van der Waals surface area contributed by atoms with E-state index in [4.69, 9.17) is 9.47 Å². The van der Waals surface area contributed by atoms with Gasteiger partial charge in [0.2, 0.25) is 0 Å². The van der Waals surface area contributed by atoms with Crippen molar-refractivity contribution in [3.63, 3.8) is 0 Å². The van der Waals surface area contributed by atoms with Gasteiger partial charge in [0.15, 0.2) is 6.10 Å². The quantitative estimate of drug-likeness (QED) is 0.0440. The number of unbranched alkanes of at least 4 members (excludes halogenated alkanes) is 22. The standard InChI is InChI=1S/C39H72O5/c1-3-5-7-9-11-13-15-17-19-21-23-25-27-29-31-33-38(41)43-36-37(35-40)44-39(42)34-32-30-28-26-24-22-20-18-16-14-12-10-8-6-4-2/h17-20,37,40H,3-16,21-36H2,1-2H3/b19-17-,20-18+. The Bertz CT molecular complexity index is 671. The fourth-order valence-corrected chi connectivity index (χ4v) is 5.31. The molecule has 0 spiro atoms. The van der Waals surface area contributed by atoms with Crippen molar-refractivity contribution in [1.29, 1.82) is 0 Å². The van der Waals surface area contributed by atoms with Crippen LogP contribution < -0.4 is 0 Å². The normalized spacial score (nSPS) is 12.3. The lowest BCUT2D eigenvalue weighted by Crippen LogP contribution is -2.28. The molecular formula is C39H72O5. The summed E-state index contributed by atoms with van der Waals surface area (Å²) < 4.78 is 10.6. The van der Waals surface area contributed by atoms with Gasteiger partial charge in [-0.05, 0) is 64.2 Å². The molecule has 0 saturated heterocycles. The van der Waals surface area contributed by atoms with E-state index < -0.39 is 6.10 Å². The summed E-state index contributed by atoms with van der Waals surface area (Å²) in [7, 11) is 0. The molecular weight excluding hydrogens is 548 g/mol. The third-order valence-corrected chi connectivity index (χ3v) is 8.22. The van der Waals surface area contributed by atoms with E-state index in [0.717, 1.165) is 51.4 Å². The summed E-state index contributed by atoms with van der Waals surface area (Å²) in [6.07, 6.45) is 40.9. The van der Waals surface area contributed by atoms with Crippen molar-refractivity contribution in [2.75, 3.05) is 13.2 Å². The molecule has 0 radical (unpaired) electrons. The highest BCUT2D eigenvalue weighted by atomic mass is 16.6. The Labute approximate surface area is 273 Å². The lowest BCUT2D eigenvalue weighted by molar-refractivity contribution is -0.161. The van der Waals surface area contributed by atoms with Crippen molar-refractivity contribution >= 4 is 11.9 Å². The molecule has 0 saturated carbocycles. The van der Waals surface area contributed by atoms with E-state index in [9.17, 15) is 14.7 Å². The van der Waals surface area contributed by atoms with Crippen molar-refractivity contribution < 1.29 is 24.2 Å². The molecule has 258 valence electrons. The van der Waals surface area contributed by atoms with E-state index >= 15 is 0 Å². The Morgan fingerprint density at radius 1 is 0.500 bits per heavy atom.